The molecule has 1 amide bonds. The van der Waals surface area contributed by atoms with Gasteiger partial charge in [0.05, 0.1) is 25.6 Å². The van der Waals surface area contributed by atoms with Crippen LogP contribution in [0.25, 0.3) is 0 Å². The van der Waals surface area contributed by atoms with Gasteiger partial charge in [-0.3, -0.25) is 4.79 Å². The van der Waals surface area contributed by atoms with Gasteiger partial charge in [-0.15, -0.1) is 11.8 Å². The van der Waals surface area contributed by atoms with E-state index >= 15 is 0 Å². The first-order chi connectivity index (χ1) is 10.6. The van der Waals surface area contributed by atoms with Crippen molar-refractivity contribution in [2.45, 2.75) is 38.4 Å². The summed E-state index contributed by atoms with van der Waals surface area (Å²) >= 11 is 1.41. The number of hydrogen-bond donors (Lipinski definition) is 2. The van der Waals surface area contributed by atoms with Crippen LogP contribution in [0.3, 0.4) is 0 Å². The maximum absolute atomic E-state index is 13.5. The Labute approximate surface area is 140 Å². The first kappa shape index (κ1) is 22.5. The number of carbonyl (C=O) groups excluding carboxylic acids is 1. The molecule has 0 spiro atoms. The number of thioether (sulfide) groups is 1. The first-order valence-electron chi connectivity index (χ1n) is 7.24. The highest BCUT2D eigenvalue weighted by molar-refractivity contribution is 7.98. The van der Waals surface area contributed by atoms with Crippen molar-refractivity contribution in [3.63, 3.8) is 0 Å². The summed E-state index contributed by atoms with van der Waals surface area (Å²) in [6.07, 6.45) is 0.269. The molecule has 0 aliphatic rings. The summed E-state index contributed by atoms with van der Waals surface area (Å²) in [4.78, 5) is 11.3. The zero-order valence-corrected chi connectivity index (χ0v) is 14.9. The molecule has 0 aromatic rings. The summed E-state index contributed by atoms with van der Waals surface area (Å²) in [6.45, 7) is 2.93. The van der Waals surface area contributed by atoms with Crippen LogP contribution in [-0.4, -0.2) is 68.6 Å². The summed E-state index contributed by atoms with van der Waals surface area (Å²) in [6, 6.07) is 0. The molecule has 0 rings (SSSR count). The van der Waals surface area contributed by atoms with Crippen LogP contribution >= 0.6 is 11.8 Å². The third-order valence-corrected chi connectivity index (χ3v) is 2.85. The van der Waals surface area contributed by atoms with Crippen molar-refractivity contribution in [1.82, 2.24) is 10.6 Å². The van der Waals surface area contributed by atoms with Crippen molar-refractivity contribution in [2.75, 3.05) is 45.1 Å². The molecule has 0 aliphatic heterocycles. The summed E-state index contributed by atoms with van der Waals surface area (Å²) in [5, 5.41) is 4.97. The van der Waals surface area contributed by atoms with Gasteiger partial charge in [-0.05, 0) is 27.0 Å². The van der Waals surface area contributed by atoms with Gasteiger partial charge >= 0.3 is 0 Å². The van der Waals surface area contributed by atoms with Crippen LogP contribution < -0.4 is 10.6 Å². The zero-order valence-electron chi connectivity index (χ0n) is 14.1. The molecule has 23 heavy (non-hydrogen) atoms. The summed E-state index contributed by atoms with van der Waals surface area (Å²) < 4.78 is 50.1. The van der Waals surface area contributed by atoms with E-state index in [1.165, 1.54) is 11.8 Å². The third kappa shape index (κ3) is 14.8. The zero-order chi connectivity index (χ0) is 17.9. The summed E-state index contributed by atoms with van der Waals surface area (Å²) in [5.74, 6) is -3.17. The van der Waals surface area contributed by atoms with Gasteiger partial charge in [0.1, 0.15) is 19.4 Å². The fraction of sp³-hybridized carbons (Fsp3) is 0.929. The fourth-order valence-electron chi connectivity index (χ4n) is 1.33. The average molecular weight is 360 g/mol. The van der Waals surface area contributed by atoms with Crippen LogP contribution in [0.5, 0.6) is 0 Å². The number of hydrogen-bond acceptors (Lipinski definition) is 5. The molecule has 0 saturated carbocycles. The molecule has 2 N–H and O–H groups in total. The van der Waals surface area contributed by atoms with E-state index in [9.17, 15) is 18.0 Å². The Morgan fingerprint density at radius 2 is 1.91 bits per heavy atom. The smallest absolute Gasteiger partial charge is 0.283 e. The van der Waals surface area contributed by atoms with Crippen molar-refractivity contribution in [1.29, 1.82) is 0 Å². The molecule has 0 radical (unpaired) electrons. The van der Waals surface area contributed by atoms with E-state index in [2.05, 4.69) is 10.6 Å². The lowest BCUT2D eigenvalue weighted by molar-refractivity contribution is -0.125. The van der Waals surface area contributed by atoms with Crippen LogP contribution in [0.4, 0.5) is 13.2 Å². The fourth-order valence-corrected chi connectivity index (χ4v) is 1.58. The summed E-state index contributed by atoms with van der Waals surface area (Å²) in [7, 11) is 0. The highest BCUT2D eigenvalue weighted by atomic mass is 32.2. The second-order valence-corrected chi connectivity index (χ2v) is 6.94. The minimum atomic E-state index is -3.08. The van der Waals surface area contributed by atoms with Gasteiger partial charge in [-0.25, -0.2) is 13.2 Å². The lowest BCUT2D eigenvalue weighted by atomic mass is 10.1. The monoisotopic (exact) mass is 360 g/mol. The van der Waals surface area contributed by atoms with Gasteiger partial charge in [0.15, 0.2) is 0 Å². The quantitative estimate of drug-likeness (QED) is 0.411. The largest absolute Gasteiger partial charge is 0.372 e. The molecular formula is C14H27F3N2O3S. The normalized spacial score (nSPS) is 13.9. The van der Waals surface area contributed by atoms with Gasteiger partial charge in [-0.1, -0.05) is 0 Å². The van der Waals surface area contributed by atoms with Gasteiger partial charge in [0.2, 0.25) is 5.91 Å². The number of halogens is 3. The number of amides is 1. The van der Waals surface area contributed by atoms with Crippen molar-refractivity contribution in [2.24, 2.45) is 0 Å². The minimum Gasteiger partial charge on any atom is -0.372 e. The van der Waals surface area contributed by atoms with Crippen molar-refractivity contribution in [3.8, 4) is 0 Å². The van der Waals surface area contributed by atoms with Crippen molar-refractivity contribution in [3.05, 3.63) is 0 Å². The molecule has 0 aromatic heterocycles. The maximum atomic E-state index is 13.5. The number of nitrogens with one attached hydrogen (secondary N) is 2. The Hall–Kier alpha value is -0.510. The molecular weight excluding hydrogens is 333 g/mol. The lowest BCUT2D eigenvalue weighted by Gasteiger charge is -2.25. The Morgan fingerprint density at radius 1 is 1.26 bits per heavy atom. The molecule has 0 heterocycles. The SMILES string of the molecule is CSCOCC(=O)NCC(F)COCC(F)(F)CNC(C)(C)C. The van der Waals surface area contributed by atoms with E-state index < -0.39 is 43.3 Å². The molecule has 1 atom stereocenters. The molecule has 5 nitrogen and oxygen atoms in total. The number of carbonyl (C=O) groups is 1. The minimum absolute atomic E-state index is 0.162. The van der Waals surface area contributed by atoms with Gasteiger partial charge in [0.25, 0.3) is 5.92 Å². The lowest BCUT2D eigenvalue weighted by Crippen LogP contribution is -2.45. The molecule has 138 valence electrons. The molecule has 0 bridgehead atoms. The molecule has 0 fully saturated rings. The predicted octanol–water partition coefficient (Wildman–Crippen LogP) is 1.82. The van der Waals surface area contributed by atoms with Crippen molar-refractivity contribution >= 4 is 17.7 Å². The van der Waals surface area contributed by atoms with Crippen LogP contribution in [0.2, 0.25) is 0 Å². The van der Waals surface area contributed by atoms with E-state index in [1.54, 1.807) is 20.8 Å². The van der Waals surface area contributed by atoms with Crippen LogP contribution in [0.1, 0.15) is 20.8 Å². The average Bonchev–Trinajstić information content (AvgIpc) is 2.43. The summed E-state index contributed by atoms with van der Waals surface area (Å²) in [5.41, 5.74) is -0.436. The first-order valence-corrected chi connectivity index (χ1v) is 8.63. The number of ether oxygens (including phenoxy) is 2. The molecule has 9 heteroatoms. The van der Waals surface area contributed by atoms with Crippen molar-refractivity contribution < 1.29 is 27.4 Å². The molecule has 1 unspecified atom stereocenters. The van der Waals surface area contributed by atoms with E-state index in [0.29, 0.717) is 5.94 Å². The van der Waals surface area contributed by atoms with Crippen LogP contribution in [0, 0.1) is 0 Å². The molecule has 0 aliphatic carbocycles. The van der Waals surface area contributed by atoms with E-state index in [1.807, 2.05) is 6.26 Å². The van der Waals surface area contributed by atoms with Crippen LogP contribution in [0.15, 0.2) is 0 Å². The Bertz CT molecular complexity index is 342. The standard InChI is InChI=1S/C14H27F3N2O3S/c1-13(2,3)19-8-14(16,17)9-21-6-11(15)5-18-12(20)7-22-10-23-4/h11,19H,5-10H2,1-4H3,(H,18,20). The van der Waals surface area contributed by atoms with E-state index in [-0.39, 0.29) is 13.2 Å². The van der Waals surface area contributed by atoms with E-state index in [4.69, 9.17) is 9.47 Å². The maximum Gasteiger partial charge on any atom is 0.283 e. The number of alkyl halides is 3. The van der Waals surface area contributed by atoms with Gasteiger partial charge in [-0.2, -0.15) is 0 Å². The third-order valence-electron chi connectivity index (χ3n) is 2.44. The Kier molecular flexibility index (Phi) is 10.9. The topological polar surface area (TPSA) is 59.6 Å². The molecule has 0 saturated heterocycles. The highest BCUT2D eigenvalue weighted by Crippen LogP contribution is 2.14. The van der Waals surface area contributed by atoms with Gasteiger partial charge < -0.3 is 20.1 Å². The highest BCUT2D eigenvalue weighted by Gasteiger charge is 2.31. The molecule has 0 aromatic carbocycles. The van der Waals surface area contributed by atoms with E-state index in [0.717, 1.165) is 0 Å². The second-order valence-electron chi connectivity index (χ2n) is 6.13. The predicted molar refractivity (Wildman–Crippen MR) is 85.8 cm³/mol. The Balaban J connectivity index is 3.80. The van der Waals surface area contributed by atoms with Gasteiger partial charge in [0, 0.05) is 5.54 Å². The number of rotatable bonds is 12. The van der Waals surface area contributed by atoms with Crippen LogP contribution in [-0.2, 0) is 14.3 Å². The Morgan fingerprint density at radius 3 is 2.48 bits per heavy atom. The second kappa shape index (κ2) is 11.1.